The number of halogens is 1. The molecule has 0 fully saturated rings. The van der Waals surface area contributed by atoms with Crippen molar-refractivity contribution in [2.45, 2.75) is 13.8 Å². The fourth-order valence-electron chi connectivity index (χ4n) is 1.18. The molecule has 0 unspecified atom stereocenters. The molecule has 15 heavy (non-hydrogen) atoms. The first kappa shape index (κ1) is 11.7. The number of Topliss-reactive ketones (excluding diaryl/α,β-unsaturated/α-hetero) is 1. The second-order valence-corrected chi connectivity index (χ2v) is 3.32. The molecule has 0 atom stereocenters. The summed E-state index contributed by atoms with van der Waals surface area (Å²) in [6.07, 6.45) is 0. The van der Waals surface area contributed by atoms with Crippen LogP contribution in [0.25, 0.3) is 0 Å². The molecule has 0 aromatic heterocycles. The van der Waals surface area contributed by atoms with Gasteiger partial charge in [0, 0.05) is 5.56 Å². The highest BCUT2D eigenvalue weighted by Gasteiger charge is 2.12. The van der Waals surface area contributed by atoms with Crippen molar-refractivity contribution in [3.63, 3.8) is 0 Å². The van der Waals surface area contributed by atoms with Crippen LogP contribution in [0.15, 0.2) is 18.2 Å². The Morgan fingerprint density at radius 3 is 2.53 bits per heavy atom. The van der Waals surface area contributed by atoms with Gasteiger partial charge in [0.2, 0.25) is 0 Å². The Morgan fingerprint density at radius 1 is 1.40 bits per heavy atom. The molecule has 0 aliphatic carbocycles. The molecule has 1 aromatic rings. The maximum absolute atomic E-state index is 11.1. The summed E-state index contributed by atoms with van der Waals surface area (Å²) in [7, 11) is 0. The quantitative estimate of drug-likeness (QED) is 0.586. The largest absolute Gasteiger partial charge is 0.493 e. The lowest BCUT2D eigenvalue weighted by Crippen LogP contribution is -2.02. The van der Waals surface area contributed by atoms with Crippen molar-refractivity contribution < 1.29 is 14.3 Å². The van der Waals surface area contributed by atoms with Gasteiger partial charge >= 0.3 is 0 Å². The molecule has 3 nitrogen and oxygen atoms in total. The summed E-state index contributed by atoms with van der Waals surface area (Å²) in [4.78, 5) is 22.2. The minimum atomic E-state index is -0.624. The van der Waals surface area contributed by atoms with Crippen LogP contribution in [0.3, 0.4) is 0 Å². The van der Waals surface area contributed by atoms with Gasteiger partial charge in [-0.1, -0.05) is 0 Å². The van der Waals surface area contributed by atoms with Crippen LogP contribution in [0.2, 0.25) is 0 Å². The normalized spacial score (nSPS) is 9.80. The van der Waals surface area contributed by atoms with Crippen LogP contribution in [0, 0.1) is 0 Å². The summed E-state index contributed by atoms with van der Waals surface area (Å²) in [5, 5.41) is -0.624. The van der Waals surface area contributed by atoms with Gasteiger partial charge in [0.05, 0.1) is 12.2 Å². The fraction of sp³-hybridized carbons (Fsp3) is 0.273. The van der Waals surface area contributed by atoms with E-state index in [1.807, 2.05) is 0 Å². The van der Waals surface area contributed by atoms with Gasteiger partial charge in [-0.15, -0.1) is 0 Å². The summed E-state index contributed by atoms with van der Waals surface area (Å²) in [5.41, 5.74) is 0.675. The predicted octanol–water partition coefficient (Wildman–Crippen LogP) is 2.67. The topological polar surface area (TPSA) is 43.4 Å². The molecule has 0 aliphatic heterocycles. The molecular formula is C11H11ClO3. The lowest BCUT2D eigenvalue weighted by Gasteiger charge is -2.07. The number of benzene rings is 1. The summed E-state index contributed by atoms with van der Waals surface area (Å²) >= 11 is 5.39. The Balaban J connectivity index is 3.20. The van der Waals surface area contributed by atoms with E-state index in [1.54, 1.807) is 19.1 Å². The van der Waals surface area contributed by atoms with Gasteiger partial charge < -0.3 is 4.74 Å². The van der Waals surface area contributed by atoms with Crippen LogP contribution in [0.5, 0.6) is 5.75 Å². The summed E-state index contributed by atoms with van der Waals surface area (Å²) in [6.45, 7) is 3.68. The Morgan fingerprint density at radius 2 is 2.07 bits per heavy atom. The molecule has 1 rings (SSSR count). The van der Waals surface area contributed by atoms with Gasteiger partial charge in [0.1, 0.15) is 5.75 Å². The van der Waals surface area contributed by atoms with Crippen molar-refractivity contribution in [1.29, 1.82) is 0 Å². The molecule has 0 saturated heterocycles. The molecule has 0 aliphatic rings. The number of rotatable bonds is 4. The standard InChI is InChI=1S/C11H11ClO3/c1-3-15-10-5-4-8(7(2)13)6-9(10)11(12)14/h4-6H,3H2,1-2H3. The van der Waals surface area contributed by atoms with Gasteiger partial charge in [-0.3, -0.25) is 9.59 Å². The van der Waals surface area contributed by atoms with Crippen molar-refractivity contribution in [2.75, 3.05) is 6.61 Å². The number of hydrogen-bond acceptors (Lipinski definition) is 3. The monoisotopic (exact) mass is 226 g/mol. The number of ketones is 1. The molecular weight excluding hydrogens is 216 g/mol. The summed E-state index contributed by atoms with van der Waals surface area (Å²) in [5.74, 6) is 0.291. The molecule has 80 valence electrons. The number of hydrogen-bond donors (Lipinski definition) is 0. The maximum atomic E-state index is 11.1. The molecule has 1 aromatic carbocycles. The zero-order valence-corrected chi connectivity index (χ0v) is 9.30. The van der Waals surface area contributed by atoms with Gasteiger partial charge in [0.25, 0.3) is 5.24 Å². The zero-order chi connectivity index (χ0) is 11.4. The van der Waals surface area contributed by atoms with E-state index in [9.17, 15) is 9.59 Å². The first-order valence-electron chi connectivity index (χ1n) is 4.54. The Labute approximate surface area is 93.0 Å². The molecule has 0 bridgehead atoms. The smallest absolute Gasteiger partial charge is 0.256 e. The van der Waals surface area contributed by atoms with E-state index in [1.165, 1.54) is 13.0 Å². The Kier molecular flexibility index (Phi) is 3.86. The van der Waals surface area contributed by atoms with E-state index in [-0.39, 0.29) is 11.3 Å². The molecule has 0 N–H and O–H groups in total. The molecule has 0 saturated carbocycles. The highest BCUT2D eigenvalue weighted by molar-refractivity contribution is 6.68. The van der Waals surface area contributed by atoms with Crippen LogP contribution in [0.4, 0.5) is 0 Å². The van der Waals surface area contributed by atoms with E-state index in [2.05, 4.69) is 0 Å². The van der Waals surface area contributed by atoms with Crippen LogP contribution < -0.4 is 4.74 Å². The number of carbonyl (C=O) groups is 2. The SMILES string of the molecule is CCOc1ccc(C(C)=O)cc1C(=O)Cl. The third-order valence-electron chi connectivity index (χ3n) is 1.90. The van der Waals surface area contributed by atoms with Crippen molar-refractivity contribution in [1.82, 2.24) is 0 Å². The maximum Gasteiger partial charge on any atom is 0.256 e. The van der Waals surface area contributed by atoms with Crippen LogP contribution in [-0.2, 0) is 0 Å². The molecule has 0 amide bonds. The fourth-order valence-corrected chi connectivity index (χ4v) is 1.33. The van der Waals surface area contributed by atoms with Gasteiger partial charge in [-0.2, -0.15) is 0 Å². The van der Waals surface area contributed by atoms with E-state index in [0.29, 0.717) is 17.9 Å². The van der Waals surface area contributed by atoms with Crippen LogP contribution in [0.1, 0.15) is 34.6 Å². The van der Waals surface area contributed by atoms with E-state index in [4.69, 9.17) is 16.3 Å². The molecule has 0 heterocycles. The average Bonchev–Trinajstić information content (AvgIpc) is 2.18. The second kappa shape index (κ2) is 4.94. The van der Waals surface area contributed by atoms with Gasteiger partial charge in [0.15, 0.2) is 5.78 Å². The lowest BCUT2D eigenvalue weighted by atomic mass is 10.1. The van der Waals surface area contributed by atoms with Crippen LogP contribution in [-0.4, -0.2) is 17.6 Å². The van der Waals surface area contributed by atoms with Crippen molar-refractivity contribution >= 4 is 22.6 Å². The summed E-state index contributed by atoms with van der Waals surface area (Å²) in [6, 6.07) is 4.63. The minimum absolute atomic E-state index is 0.114. The summed E-state index contributed by atoms with van der Waals surface area (Å²) < 4.78 is 5.22. The predicted molar refractivity (Wildman–Crippen MR) is 57.8 cm³/mol. The third-order valence-corrected chi connectivity index (χ3v) is 2.10. The first-order valence-corrected chi connectivity index (χ1v) is 4.91. The van der Waals surface area contributed by atoms with Crippen molar-refractivity contribution in [2.24, 2.45) is 0 Å². The van der Waals surface area contributed by atoms with Gasteiger partial charge in [-0.25, -0.2) is 0 Å². The molecule has 0 radical (unpaired) electrons. The zero-order valence-electron chi connectivity index (χ0n) is 8.54. The van der Waals surface area contributed by atoms with E-state index < -0.39 is 5.24 Å². The Hall–Kier alpha value is -1.35. The molecule has 0 spiro atoms. The lowest BCUT2D eigenvalue weighted by molar-refractivity contribution is 0.101. The van der Waals surface area contributed by atoms with Crippen LogP contribution >= 0.6 is 11.6 Å². The van der Waals surface area contributed by atoms with E-state index >= 15 is 0 Å². The van der Waals surface area contributed by atoms with E-state index in [0.717, 1.165) is 0 Å². The van der Waals surface area contributed by atoms with Crippen molar-refractivity contribution in [3.05, 3.63) is 29.3 Å². The third kappa shape index (κ3) is 2.80. The van der Waals surface area contributed by atoms with Crippen molar-refractivity contribution in [3.8, 4) is 5.75 Å². The van der Waals surface area contributed by atoms with Gasteiger partial charge in [-0.05, 0) is 43.6 Å². The number of ether oxygens (including phenoxy) is 1. The Bertz CT molecular complexity index is 399. The highest BCUT2D eigenvalue weighted by Crippen LogP contribution is 2.22. The molecule has 4 heteroatoms. The minimum Gasteiger partial charge on any atom is -0.493 e. The number of carbonyl (C=O) groups excluding carboxylic acids is 2. The second-order valence-electron chi connectivity index (χ2n) is 2.97. The first-order chi connectivity index (χ1) is 7.06. The average molecular weight is 227 g/mol. The highest BCUT2D eigenvalue weighted by atomic mass is 35.5.